The molecule has 0 aromatic carbocycles. The first-order valence-corrected chi connectivity index (χ1v) is 7.01. The Hall–Kier alpha value is -2.80. The molecule has 0 radical (unpaired) electrons. The van der Waals surface area contributed by atoms with Crippen LogP contribution in [0.5, 0.6) is 5.75 Å². The van der Waals surface area contributed by atoms with Crippen LogP contribution in [0.2, 0.25) is 0 Å². The fourth-order valence-electron chi connectivity index (χ4n) is 1.97. The predicted octanol–water partition coefficient (Wildman–Crippen LogP) is 3.11. The lowest BCUT2D eigenvalue weighted by atomic mass is 10.2. The van der Waals surface area contributed by atoms with Gasteiger partial charge in [-0.25, -0.2) is 4.98 Å². The van der Waals surface area contributed by atoms with E-state index in [0.717, 1.165) is 15.8 Å². The van der Waals surface area contributed by atoms with Crippen LogP contribution in [0, 0.1) is 0 Å². The summed E-state index contributed by atoms with van der Waals surface area (Å²) in [7, 11) is 0. The van der Waals surface area contributed by atoms with Crippen LogP contribution < -0.4 is 0 Å². The highest BCUT2D eigenvalue weighted by atomic mass is 32.1. The van der Waals surface area contributed by atoms with E-state index in [9.17, 15) is 5.11 Å². The average molecular weight is 296 g/mol. The summed E-state index contributed by atoms with van der Waals surface area (Å²) in [5.41, 5.74) is 1.96. The molecular weight excluding hydrogens is 288 g/mol. The minimum absolute atomic E-state index is 0.000432. The second-order valence-electron chi connectivity index (χ2n) is 4.32. The number of hydrogen-bond donors (Lipinski definition) is 1. The Bertz CT molecular complexity index is 931. The molecule has 102 valence electrons. The Morgan fingerprint density at radius 3 is 3.05 bits per heavy atom. The molecule has 0 aliphatic heterocycles. The van der Waals surface area contributed by atoms with Crippen LogP contribution in [0.3, 0.4) is 0 Å². The second-order valence-corrected chi connectivity index (χ2v) is 5.27. The monoisotopic (exact) mass is 296 g/mol. The molecule has 0 amide bonds. The normalized spacial score (nSPS) is 11.0. The van der Waals surface area contributed by atoms with Gasteiger partial charge in [-0.05, 0) is 29.6 Å². The molecule has 6 nitrogen and oxygen atoms in total. The molecule has 4 aromatic rings. The van der Waals surface area contributed by atoms with E-state index in [0.29, 0.717) is 5.82 Å². The number of nitrogens with zero attached hydrogens (tertiary/aromatic N) is 4. The maximum absolute atomic E-state index is 9.76. The Balaban J connectivity index is 1.78. The first kappa shape index (κ1) is 12.0. The van der Waals surface area contributed by atoms with Crippen LogP contribution >= 0.6 is 11.3 Å². The molecule has 4 aromatic heterocycles. The highest BCUT2D eigenvalue weighted by Gasteiger charge is 2.15. The first-order valence-electron chi connectivity index (χ1n) is 6.13. The molecule has 0 saturated heterocycles. The highest BCUT2D eigenvalue weighted by molar-refractivity contribution is 7.17. The van der Waals surface area contributed by atoms with Crippen LogP contribution in [0.1, 0.15) is 0 Å². The van der Waals surface area contributed by atoms with Crippen molar-refractivity contribution in [1.82, 2.24) is 20.1 Å². The second kappa shape index (κ2) is 4.64. The van der Waals surface area contributed by atoms with Gasteiger partial charge < -0.3 is 9.63 Å². The summed E-state index contributed by atoms with van der Waals surface area (Å²) in [5, 5.41) is 15.7. The third-order valence-corrected chi connectivity index (χ3v) is 3.83. The van der Waals surface area contributed by atoms with Gasteiger partial charge in [0.05, 0.1) is 10.2 Å². The van der Waals surface area contributed by atoms with Gasteiger partial charge in [-0.15, -0.1) is 11.3 Å². The van der Waals surface area contributed by atoms with Crippen LogP contribution in [0.4, 0.5) is 0 Å². The molecule has 0 atom stereocenters. The standard InChI is InChI=1S/C14H8N4O2S/c19-10-2-1-4-15-12(10)14-17-13(18-20-14)8-6-11-9(16-7-8)3-5-21-11/h1-7,19H. The zero-order valence-electron chi connectivity index (χ0n) is 10.6. The van der Waals surface area contributed by atoms with E-state index in [1.807, 2.05) is 17.5 Å². The summed E-state index contributed by atoms with van der Waals surface area (Å²) < 4.78 is 6.23. The first-order chi connectivity index (χ1) is 10.3. The minimum Gasteiger partial charge on any atom is -0.505 e. The van der Waals surface area contributed by atoms with E-state index >= 15 is 0 Å². The highest BCUT2D eigenvalue weighted by Crippen LogP contribution is 2.28. The van der Waals surface area contributed by atoms with Crippen molar-refractivity contribution in [1.29, 1.82) is 0 Å². The molecule has 4 heterocycles. The molecule has 0 saturated carbocycles. The molecule has 0 fully saturated rings. The fourth-order valence-corrected chi connectivity index (χ4v) is 2.75. The van der Waals surface area contributed by atoms with Crippen LogP contribution in [0.25, 0.3) is 33.2 Å². The number of aromatic hydroxyl groups is 1. The topological polar surface area (TPSA) is 84.9 Å². The van der Waals surface area contributed by atoms with E-state index in [1.165, 1.54) is 6.07 Å². The number of aromatic nitrogens is 4. The SMILES string of the molecule is Oc1cccnc1-c1nc(-c2cnc3ccsc3c2)no1. The van der Waals surface area contributed by atoms with Gasteiger partial charge in [-0.2, -0.15) is 4.98 Å². The molecule has 7 heteroatoms. The zero-order chi connectivity index (χ0) is 14.2. The van der Waals surface area contributed by atoms with Crippen LogP contribution in [0.15, 0.2) is 46.6 Å². The number of hydrogen-bond acceptors (Lipinski definition) is 7. The van der Waals surface area contributed by atoms with Gasteiger partial charge in [0.25, 0.3) is 5.89 Å². The maximum Gasteiger partial charge on any atom is 0.280 e. The van der Waals surface area contributed by atoms with Crippen molar-refractivity contribution in [2.75, 3.05) is 0 Å². The quantitative estimate of drug-likeness (QED) is 0.611. The maximum atomic E-state index is 9.76. The molecule has 4 rings (SSSR count). The lowest BCUT2D eigenvalue weighted by Crippen LogP contribution is -1.85. The summed E-state index contributed by atoms with van der Waals surface area (Å²) in [6, 6.07) is 7.06. The van der Waals surface area contributed by atoms with Crippen LogP contribution in [-0.4, -0.2) is 25.2 Å². The van der Waals surface area contributed by atoms with Crippen molar-refractivity contribution in [3.05, 3.63) is 42.0 Å². The summed E-state index contributed by atoms with van der Waals surface area (Å²) in [4.78, 5) is 12.6. The van der Waals surface area contributed by atoms with Gasteiger partial charge in [-0.1, -0.05) is 5.16 Å². The minimum atomic E-state index is -0.000432. The molecule has 21 heavy (non-hydrogen) atoms. The lowest BCUT2D eigenvalue weighted by molar-refractivity contribution is 0.423. The van der Waals surface area contributed by atoms with Crippen molar-refractivity contribution >= 4 is 21.6 Å². The van der Waals surface area contributed by atoms with Crippen molar-refractivity contribution in [3.63, 3.8) is 0 Å². The van der Waals surface area contributed by atoms with Crippen molar-refractivity contribution < 1.29 is 9.63 Å². The van der Waals surface area contributed by atoms with Gasteiger partial charge in [0.2, 0.25) is 5.82 Å². The van der Waals surface area contributed by atoms with Gasteiger partial charge in [0, 0.05) is 18.0 Å². The van der Waals surface area contributed by atoms with Crippen molar-refractivity contribution in [3.8, 4) is 28.7 Å². The third-order valence-electron chi connectivity index (χ3n) is 2.98. The Morgan fingerprint density at radius 1 is 1.19 bits per heavy atom. The summed E-state index contributed by atoms with van der Waals surface area (Å²) >= 11 is 1.60. The number of pyridine rings is 2. The van der Waals surface area contributed by atoms with Crippen molar-refractivity contribution in [2.45, 2.75) is 0 Å². The van der Waals surface area contributed by atoms with Gasteiger partial charge in [0.15, 0.2) is 5.69 Å². The molecular formula is C14H8N4O2S. The number of rotatable bonds is 2. The Morgan fingerprint density at radius 2 is 2.14 bits per heavy atom. The van der Waals surface area contributed by atoms with E-state index in [-0.39, 0.29) is 17.3 Å². The van der Waals surface area contributed by atoms with E-state index in [4.69, 9.17) is 4.52 Å². The number of thiophene rings is 1. The van der Waals surface area contributed by atoms with Crippen LogP contribution in [-0.2, 0) is 0 Å². The number of fused-ring (bicyclic) bond motifs is 1. The summed E-state index contributed by atoms with van der Waals surface area (Å²) in [6.45, 7) is 0. The Labute approximate surface area is 122 Å². The molecule has 0 spiro atoms. The molecule has 1 N–H and O–H groups in total. The largest absolute Gasteiger partial charge is 0.505 e. The van der Waals surface area contributed by atoms with E-state index in [2.05, 4.69) is 20.1 Å². The van der Waals surface area contributed by atoms with E-state index in [1.54, 1.807) is 29.8 Å². The van der Waals surface area contributed by atoms with Gasteiger partial charge in [-0.3, -0.25) is 4.98 Å². The lowest BCUT2D eigenvalue weighted by Gasteiger charge is -1.96. The molecule has 0 bridgehead atoms. The average Bonchev–Trinajstić information content (AvgIpc) is 3.16. The fraction of sp³-hybridized carbons (Fsp3) is 0. The predicted molar refractivity (Wildman–Crippen MR) is 77.8 cm³/mol. The molecule has 0 aliphatic rings. The van der Waals surface area contributed by atoms with E-state index < -0.39 is 0 Å². The van der Waals surface area contributed by atoms with Gasteiger partial charge >= 0.3 is 0 Å². The Kier molecular flexibility index (Phi) is 2.65. The molecule has 0 aliphatic carbocycles. The summed E-state index contributed by atoms with van der Waals surface area (Å²) in [5.74, 6) is 0.590. The molecule has 0 unspecified atom stereocenters. The zero-order valence-corrected chi connectivity index (χ0v) is 11.4. The summed E-state index contributed by atoms with van der Waals surface area (Å²) in [6.07, 6.45) is 3.25. The third kappa shape index (κ3) is 2.03. The van der Waals surface area contributed by atoms with Crippen molar-refractivity contribution in [2.24, 2.45) is 0 Å². The smallest absolute Gasteiger partial charge is 0.280 e. The van der Waals surface area contributed by atoms with Gasteiger partial charge in [0.1, 0.15) is 5.75 Å².